The maximum absolute atomic E-state index is 11.9. The van der Waals surface area contributed by atoms with Crippen LogP contribution in [0.4, 0.5) is 0 Å². The molecule has 0 aliphatic carbocycles. The Labute approximate surface area is 116 Å². The van der Waals surface area contributed by atoms with Crippen molar-refractivity contribution in [1.29, 1.82) is 0 Å². The summed E-state index contributed by atoms with van der Waals surface area (Å²) in [5.74, 6) is -0.185. The van der Waals surface area contributed by atoms with Gasteiger partial charge in [-0.15, -0.1) is 0 Å². The van der Waals surface area contributed by atoms with E-state index in [0.29, 0.717) is 6.04 Å². The molecule has 1 heterocycles. The molecule has 1 aliphatic heterocycles. The van der Waals surface area contributed by atoms with Crippen molar-refractivity contribution < 1.29 is 14.3 Å². The molecule has 1 unspecified atom stereocenters. The lowest BCUT2D eigenvalue weighted by Gasteiger charge is -2.34. The SMILES string of the molecule is CCNC(C)(CCN(C)C1CCOCC1)C(=O)OC. The lowest BCUT2D eigenvalue weighted by atomic mass is 9.96. The van der Waals surface area contributed by atoms with E-state index in [9.17, 15) is 4.79 Å². The number of methoxy groups -OCH3 is 1. The van der Waals surface area contributed by atoms with Gasteiger partial charge in [-0.25, -0.2) is 0 Å². The van der Waals surface area contributed by atoms with Crippen LogP contribution in [0.2, 0.25) is 0 Å². The number of hydrogen-bond donors (Lipinski definition) is 1. The van der Waals surface area contributed by atoms with E-state index in [4.69, 9.17) is 9.47 Å². The first-order valence-electron chi connectivity index (χ1n) is 7.15. The van der Waals surface area contributed by atoms with E-state index >= 15 is 0 Å². The summed E-state index contributed by atoms with van der Waals surface area (Å²) in [4.78, 5) is 14.2. The van der Waals surface area contributed by atoms with Crippen LogP contribution in [0.3, 0.4) is 0 Å². The molecular weight excluding hydrogens is 244 g/mol. The van der Waals surface area contributed by atoms with Crippen LogP contribution in [-0.4, -0.2) is 62.9 Å². The monoisotopic (exact) mass is 272 g/mol. The third kappa shape index (κ3) is 4.75. The highest BCUT2D eigenvalue weighted by Crippen LogP contribution is 2.17. The van der Waals surface area contributed by atoms with Crippen LogP contribution in [0.5, 0.6) is 0 Å². The van der Waals surface area contributed by atoms with E-state index < -0.39 is 5.54 Å². The number of nitrogens with zero attached hydrogens (tertiary/aromatic N) is 1. The lowest BCUT2D eigenvalue weighted by molar-refractivity contribution is -0.148. The number of likely N-dealkylation sites (N-methyl/N-ethyl adjacent to an activating group) is 1. The summed E-state index contributed by atoms with van der Waals surface area (Å²) in [5.41, 5.74) is -0.594. The van der Waals surface area contributed by atoms with Crippen LogP contribution in [0.1, 0.15) is 33.1 Å². The van der Waals surface area contributed by atoms with Crippen LogP contribution in [0.25, 0.3) is 0 Å². The largest absolute Gasteiger partial charge is 0.468 e. The van der Waals surface area contributed by atoms with E-state index in [-0.39, 0.29) is 5.97 Å². The molecule has 0 aromatic heterocycles. The topological polar surface area (TPSA) is 50.8 Å². The zero-order valence-electron chi connectivity index (χ0n) is 12.7. The zero-order chi connectivity index (χ0) is 14.3. The fraction of sp³-hybridized carbons (Fsp3) is 0.929. The molecule has 112 valence electrons. The summed E-state index contributed by atoms with van der Waals surface area (Å²) < 4.78 is 10.3. The first kappa shape index (κ1) is 16.4. The van der Waals surface area contributed by atoms with Crippen molar-refractivity contribution in [1.82, 2.24) is 10.2 Å². The van der Waals surface area contributed by atoms with E-state index in [2.05, 4.69) is 17.3 Å². The Morgan fingerprint density at radius 3 is 2.63 bits per heavy atom. The van der Waals surface area contributed by atoms with Gasteiger partial charge >= 0.3 is 5.97 Å². The number of ether oxygens (including phenoxy) is 2. The van der Waals surface area contributed by atoms with Gasteiger partial charge in [0.05, 0.1) is 7.11 Å². The molecule has 0 radical (unpaired) electrons. The summed E-state index contributed by atoms with van der Waals surface area (Å²) >= 11 is 0. The van der Waals surface area contributed by atoms with Gasteiger partial charge in [0.1, 0.15) is 5.54 Å². The number of rotatable bonds is 7. The van der Waals surface area contributed by atoms with Gasteiger partial charge < -0.3 is 19.7 Å². The maximum atomic E-state index is 11.9. The smallest absolute Gasteiger partial charge is 0.325 e. The number of carbonyl (C=O) groups is 1. The summed E-state index contributed by atoms with van der Waals surface area (Å²) in [7, 11) is 3.57. The summed E-state index contributed by atoms with van der Waals surface area (Å²) in [5, 5.41) is 3.24. The molecule has 1 atom stereocenters. The molecule has 0 amide bonds. The number of nitrogens with one attached hydrogen (secondary N) is 1. The van der Waals surface area contributed by atoms with Crippen LogP contribution in [0, 0.1) is 0 Å². The van der Waals surface area contributed by atoms with Gasteiger partial charge in [-0.1, -0.05) is 6.92 Å². The van der Waals surface area contributed by atoms with Crippen LogP contribution >= 0.6 is 0 Å². The Balaban J connectivity index is 2.48. The average Bonchev–Trinajstić information content (AvgIpc) is 2.45. The van der Waals surface area contributed by atoms with Crippen molar-refractivity contribution >= 4 is 5.97 Å². The van der Waals surface area contributed by atoms with Crippen LogP contribution in [0.15, 0.2) is 0 Å². The van der Waals surface area contributed by atoms with Gasteiger partial charge in [0.15, 0.2) is 0 Å². The van der Waals surface area contributed by atoms with Gasteiger partial charge in [-0.2, -0.15) is 0 Å². The third-order valence-corrected chi connectivity index (χ3v) is 3.98. The second kappa shape index (κ2) is 7.82. The van der Waals surface area contributed by atoms with Crippen molar-refractivity contribution in [3.05, 3.63) is 0 Å². The van der Waals surface area contributed by atoms with Crippen molar-refractivity contribution in [2.24, 2.45) is 0 Å². The highest BCUT2D eigenvalue weighted by atomic mass is 16.5. The molecule has 1 aliphatic rings. The molecule has 0 bridgehead atoms. The summed E-state index contributed by atoms with van der Waals surface area (Å²) in [6.45, 7) is 7.24. The molecule has 0 aromatic carbocycles. The molecule has 1 rings (SSSR count). The third-order valence-electron chi connectivity index (χ3n) is 3.98. The molecule has 0 saturated carbocycles. The lowest BCUT2D eigenvalue weighted by Crippen LogP contribution is -2.52. The number of esters is 1. The quantitative estimate of drug-likeness (QED) is 0.702. The normalized spacial score (nSPS) is 20.3. The highest BCUT2D eigenvalue weighted by molar-refractivity contribution is 5.80. The molecule has 0 aromatic rings. The first-order chi connectivity index (χ1) is 9.03. The van der Waals surface area contributed by atoms with Gasteiger partial charge in [0.2, 0.25) is 0 Å². The Morgan fingerprint density at radius 1 is 1.47 bits per heavy atom. The van der Waals surface area contributed by atoms with Crippen LogP contribution in [-0.2, 0) is 14.3 Å². The molecule has 1 saturated heterocycles. The Morgan fingerprint density at radius 2 is 2.11 bits per heavy atom. The first-order valence-corrected chi connectivity index (χ1v) is 7.15. The van der Waals surface area contributed by atoms with Crippen LogP contribution < -0.4 is 5.32 Å². The van der Waals surface area contributed by atoms with E-state index in [0.717, 1.165) is 45.6 Å². The molecule has 0 spiro atoms. The van der Waals surface area contributed by atoms with Crippen molar-refractivity contribution in [3.63, 3.8) is 0 Å². The predicted molar refractivity (Wildman–Crippen MR) is 75.2 cm³/mol. The highest BCUT2D eigenvalue weighted by Gasteiger charge is 2.33. The average molecular weight is 272 g/mol. The molecule has 5 nitrogen and oxygen atoms in total. The molecule has 1 N–H and O–H groups in total. The second-order valence-electron chi connectivity index (χ2n) is 5.43. The molecular formula is C14H28N2O3. The minimum Gasteiger partial charge on any atom is -0.468 e. The number of carbonyl (C=O) groups excluding carboxylic acids is 1. The minimum absolute atomic E-state index is 0.185. The fourth-order valence-corrected chi connectivity index (χ4v) is 2.59. The van der Waals surface area contributed by atoms with Gasteiger partial charge in [-0.3, -0.25) is 4.79 Å². The molecule has 19 heavy (non-hydrogen) atoms. The minimum atomic E-state index is -0.594. The summed E-state index contributed by atoms with van der Waals surface area (Å²) in [6.07, 6.45) is 2.90. The van der Waals surface area contributed by atoms with Crippen molar-refractivity contribution in [2.75, 3.05) is 40.5 Å². The molecule has 1 fully saturated rings. The van der Waals surface area contributed by atoms with Gasteiger partial charge in [-0.05, 0) is 39.8 Å². The Bertz CT molecular complexity index is 280. The van der Waals surface area contributed by atoms with E-state index in [1.54, 1.807) is 0 Å². The van der Waals surface area contributed by atoms with E-state index in [1.807, 2.05) is 13.8 Å². The molecule has 5 heteroatoms. The zero-order valence-corrected chi connectivity index (χ0v) is 12.7. The fourth-order valence-electron chi connectivity index (χ4n) is 2.59. The Hall–Kier alpha value is -0.650. The van der Waals surface area contributed by atoms with Gasteiger partial charge in [0.25, 0.3) is 0 Å². The predicted octanol–water partition coefficient (Wildman–Crippen LogP) is 1.03. The van der Waals surface area contributed by atoms with Crippen molar-refractivity contribution in [2.45, 2.75) is 44.7 Å². The summed E-state index contributed by atoms with van der Waals surface area (Å²) in [6, 6.07) is 0.567. The van der Waals surface area contributed by atoms with E-state index in [1.165, 1.54) is 7.11 Å². The second-order valence-corrected chi connectivity index (χ2v) is 5.43. The number of hydrogen-bond acceptors (Lipinski definition) is 5. The maximum Gasteiger partial charge on any atom is 0.325 e. The Kier molecular flexibility index (Phi) is 6.75. The van der Waals surface area contributed by atoms with Gasteiger partial charge in [0, 0.05) is 25.8 Å². The standard InChI is InChI=1S/C14H28N2O3/c1-5-15-14(2,13(17)18-4)8-9-16(3)12-6-10-19-11-7-12/h12,15H,5-11H2,1-4H3. The van der Waals surface area contributed by atoms with Crippen molar-refractivity contribution in [3.8, 4) is 0 Å².